The maximum Gasteiger partial charge on any atom is 0.410 e. The molecule has 16 heteroatoms. The normalized spacial score (nSPS) is 30.6. The molecule has 3 heterocycles. The fraction of sp³-hybridized carbons (Fsp3) is 0.583. The molecule has 280 valence electrons. The molecule has 5 amide bonds. The van der Waals surface area contributed by atoms with Crippen molar-refractivity contribution in [1.29, 1.82) is 0 Å². The average molecular weight is 742 g/mol. The zero-order chi connectivity index (χ0) is 36.8. The van der Waals surface area contributed by atoms with Crippen LogP contribution in [0.4, 0.5) is 14.0 Å². The SMILES string of the molecule is C=C[C@@H]1CC1(NC(=O)[C@@H]1C[C@@H](OC(=O)N2Cc3cccc(F)c3C2)C2CC/C=C\CC(NC(=O)OC3CCCC3)C(=O)N21)C(=O)NS(=O)(=O)C1CC1. The zero-order valence-corrected chi connectivity index (χ0v) is 29.6. The minimum atomic E-state index is -3.93. The molecule has 3 aliphatic heterocycles. The van der Waals surface area contributed by atoms with Gasteiger partial charge in [0.2, 0.25) is 21.8 Å². The lowest BCUT2D eigenvalue weighted by atomic mass is 10.1. The summed E-state index contributed by atoms with van der Waals surface area (Å²) in [4.78, 5) is 71.5. The van der Waals surface area contributed by atoms with E-state index in [0.29, 0.717) is 36.8 Å². The third-order valence-corrected chi connectivity index (χ3v) is 13.0. The van der Waals surface area contributed by atoms with Gasteiger partial charge in [-0.25, -0.2) is 22.4 Å². The quantitative estimate of drug-likeness (QED) is 0.321. The highest BCUT2D eigenvalue weighted by Crippen LogP contribution is 2.46. The molecule has 1 aromatic carbocycles. The number of halogens is 1. The zero-order valence-electron chi connectivity index (χ0n) is 28.8. The summed E-state index contributed by atoms with van der Waals surface area (Å²) in [6.45, 7) is 3.86. The molecule has 52 heavy (non-hydrogen) atoms. The molecule has 0 spiro atoms. The lowest BCUT2D eigenvalue weighted by Crippen LogP contribution is -2.59. The number of hydrogen-bond donors (Lipinski definition) is 3. The molecule has 3 aliphatic carbocycles. The maximum absolute atomic E-state index is 14.5. The van der Waals surface area contributed by atoms with Crippen LogP contribution in [0.15, 0.2) is 43.0 Å². The molecule has 7 rings (SSSR count). The van der Waals surface area contributed by atoms with E-state index in [0.717, 1.165) is 25.7 Å². The van der Waals surface area contributed by atoms with Crippen molar-refractivity contribution in [3.05, 3.63) is 60.0 Å². The fourth-order valence-electron chi connectivity index (χ4n) is 7.99. The first-order valence-corrected chi connectivity index (χ1v) is 19.6. The summed E-state index contributed by atoms with van der Waals surface area (Å²) >= 11 is 0. The number of nitrogens with zero attached hydrogens (tertiary/aromatic N) is 2. The molecule has 3 unspecified atom stereocenters. The van der Waals surface area contributed by atoms with E-state index in [1.165, 1.54) is 21.9 Å². The molecular weight excluding hydrogens is 697 g/mol. The van der Waals surface area contributed by atoms with Crippen LogP contribution in [0.2, 0.25) is 0 Å². The summed E-state index contributed by atoms with van der Waals surface area (Å²) in [6, 6.07) is 1.44. The number of alkyl carbamates (subject to hydrolysis) is 1. The van der Waals surface area contributed by atoms with Crippen LogP contribution in [0, 0.1) is 11.7 Å². The summed E-state index contributed by atoms with van der Waals surface area (Å²) < 4.78 is 53.6. The predicted molar refractivity (Wildman–Crippen MR) is 183 cm³/mol. The standard InChI is InChI=1S/C36H44FN5O9S/c1-2-22-18-36(22,33(45)40-52(48,49)24-15-16-24)39-31(43)29-17-30(51-35(47)41-19-21-9-8-12-26(37)25(21)20-41)28-14-5-3-4-13-27(32(44)42(28)29)38-34(46)50-23-10-6-7-11-23/h2-4,8-9,12,22-24,27-30H,1,5-7,10-11,13-20H2,(H,38,46)(H,39,43)(H,40,45)/b4-3-/t22-,27?,28?,29+,30-,36?/m1/s1. The van der Waals surface area contributed by atoms with E-state index in [2.05, 4.69) is 21.9 Å². The van der Waals surface area contributed by atoms with Crippen LogP contribution >= 0.6 is 0 Å². The highest BCUT2D eigenvalue weighted by atomic mass is 32.2. The summed E-state index contributed by atoms with van der Waals surface area (Å²) in [7, 11) is -3.93. The Balaban J connectivity index is 1.14. The van der Waals surface area contributed by atoms with Crippen LogP contribution in [0.3, 0.4) is 0 Å². The van der Waals surface area contributed by atoms with Gasteiger partial charge in [-0.1, -0.05) is 30.4 Å². The van der Waals surface area contributed by atoms with Crippen molar-refractivity contribution in [1.82, 2.24) is 25.2 Å². The summed E-state index contributed by atoms with van der Waals surface area (Å²) in [5, 5.41) is 4.76. The molecule has 1 aromatic rings. The van der Waals surface area contributed by atoms with Crippen LogP contribution < -0.4 is 15.4 Å². The number of ether oxygens (including phenoxy) is 2. The van der Waals surface area contributed by atoms with E-state index in [9.17, 15) is 36.8 Å². The van der Waals surface area contributed by atoms with Gasteiger partial charge in [-0.2, -0.15) is 0 Å². The van der Waals surface area contributed by atoms with E-state index in [1.54, 1.807) is 18.2 Å². The molecule has 0 aromatic heterocycles. The van der Waals surface area contributed by atoms with Gasteiger partial charge in [0.15, 0.2) is 0 Å². The lowest BCUT2D eigenvalue weighted by Gasteiger charge is -2.34. The van der Waals surface area contributed by atoms with Crippen molar-refractivity contribution in [3.8, 4) is 0 Å². The number of benzene rings is 1. The van der Waals surface area contributed by atoms with Gasteiger partial charge in [0.25, 0.3) is 5.91 Å². The van der Waals surface area contributed by atoms with E-state index in [1.807, 2.05) is 6.08 Å². The molecule has 3 saturated carbocycles. The minimum absolute atomic E-state index is 0.00698. The van der Waals surface area contributed by atoms with Gasteiger partial charge in [0, 0.05) is 24.4 Å². The Hall–Kier alpha value is -4.47. The van der Waals surface area contributed by atoms with E-state index in [-0.39, 0.29) is 38.5 Å². The molecule has 6 atom stereocenters. The Labute approximate surface area is 301 Å². The van der Waals surface area contributed by atoms with Crippen molar-refractivity contribution in [2.45, 2.75) is 125 Å². The summed E-state index contributed by atoms with van der Waals surface area (Å²) in [5.41, 5.74) is -0.569. The minimum Gasteiger partial charge on any atom is -0.446 e. The fourth-order valence-corrected chi connectivity index (χ4v) is 9.35. The van der Waals surface area contributed by atoms with E-state index < -0.39 is 86.7 Å². The van der Waals surface area contributed by atoms with Crippen molar-refractivity contribution < 1.29 is 46.3 Å². The lowest BCUT2D eigenvalue weighted by molar-refractivity contribution is -0.143. The number of amides is 5. The van der Waals surface area contributed by atoms with Gasteiger partial charge in [-0.3, -0.25) is 24.0 Å². The Morgan fingerprint density at radius 1 is 1.02 bits per heavy atom. The number of carbonyl (C=O) groups excluding carboxylic acids is 5. The van der Waals surface area contributed by atoms with Crippen molar-refractivity contribution in [2.24, 2.45) is 5.92 Å². The second kappa shape index (κ2) is 14.2. The highest BCUT2D eigenvalue weighted by Gasteiger charge is 2.62. The second-order valence-electron chi connectivity index (χ2n) is 14.7. The molecule has 6 aliphatic rings. The summed E-state index contributed by atoms with van der Waals surface area (Å²) in [5.74, 6) is -3.22. The number of hydrogen-bond acceptors (Lipinski definition) is 9. The van der Waals surface area contributed by atoms with Crippen LogP contribution in [0.5, 0.6) is 0 Å². The number of sulfonamides is 1. The van der Waals surface area contributed by atoms with Gasteiger partial charge in [0.05, 0.1) is 17.8 Å². The number of rotatable bonds is 9. The van der Waals surface area contributed by atoms with E-state index >= 15 is 0 Å². The largest absolute Gasteiger partial charge is 0.446 e. The Kier molecular flexibility index (Phi) is 9.78. The molecular formula is C36H44FN5O9S. The van der Waals surface area contributed by atoms with Crippen LogP contribution in [-0.2, 0) is 47.0 Å². The first-order chi connectivity index (χ1) is 24.9. The van der Waals surface area contributed by atoms with Crippen LogP contribution in [0.25, 0.3) is 0 Å². The second-order valence-corrected chi connectivity index (χ2v) is 16.7. The van der Waals surface area contributed by atoms with Crippen molar-refractivity contribution in [3.63, 3.8) is 0 Å². The number of carbonyl (C=O) groups is 5. The van der Waals surface area contributed by atoms with Gasteiger partial charge < -0.3 is 25.0 Å². The molecule has 1 saturated heterocycles. The molecule has 0 radical (unpaired) electrons. The average Bonchev–Trinajstić information content (AvgIpc) is 3.91. The third kappa shape index (κ3) is 7.13. The Bertz CT molecular complexity index is 1790. The van der Waals surface area contributed by atoms with Crippen LogP contribution in [-0.4, -0.2) is 89.2 Å². The number of fused-ring (bicyclic) bond motifs is 2. The van der Waals surface area contributed by atoms with Gasteiger partial charge >= 0.3 is 12.2 Å². The smallest absolute Gasteiger partial charge is 0.410 e. The van der Waals surface area contributed by atoms with Gasteiger partial charge in [0.1, 0.15) is 35.6 Å². The highest BCUT2D eigenvalue weighted by molar-refractivity contribution is 7.91. The molecule has 3 N–H and O–H groups in total. The van der Waals surface area contributed by atoms with Crippen molar-refractivity contribution >= 4 is 39.9 Å². The molecule has 14 nitrogen and oxygen atoms in total. The topological polar surface area (TPSA) is 181 Å². The summed E-state index contributed by atoms with van der Waals surface area (Å²) in [6.07, 6.45) is 7.41. The van der Waals surface area contributed by atoms with Crippen LogP contribution in [0.1, 0.15) is 81.8 Å². The molecule has 0 bridgehead atoms. The Morgan fingerprint density at radius 2 is 1.79 bits per heavy atom. The van der Waals surface area contributed by atoms with Gasteiger partial charge in [-0.15, -0.1) is 6.58 Å². The number of allylic oxidation sites excluding steroid dienone is 1. The molecule has 4 fully saturated rings. The first kappa shape index (κ1) is 35.9. The third-order valence-electron chi connectivity index (χ3n) is 11.2. The van der Waals surface area contributed by atoms with E-state index in [4.69, 9.17) is 9.47 Å². The maximum atomic E-state index is 14.5. The predicted octanol–water partition coefficient (Wildman–Crippen LogP) is 3.06. The Morgan fingerprint density at radius 3 is 2.48 bits per heavy atom. The van der Waals surface area contributed by atoms with Gasteiger partial charge in [-0.05, 0) is 75.8 Å². The number of nitrogens with one attached hydrogen (secondary N) is 3. The first-order valence-electron chi connectivity index (χ1n) is 18.1. The van der Waals surface area contributed by atoms with Crippen molar-refractivity contribution in [2.75, 3.05) is 0 Å². The monoisotopic (exact) mass is 741 g/mol.